The number of rotatable bonds is 10. The van der Waals surface area contributed by atoms with Gasteiger partial charge in [-0.15, -0.1) is 12.4 Å². The fourth-order valence-electron chi connectivity index (χ4n) is 7.14. The Balaban J connectivity index is 0.00000480. The molecule has 0 radical (unpaired) electrons. The van der Waals surface area contributed by atoms with Gasteiger partial charge >= 0.3 is 0 Å². The van der Waals surface area contributed by atoms with Crippen LogP contribution in [0.1, 0.15) is 74.2 Å². The van der Waals surface area contributed by atoms with Gasteiger partial charge in [0.2, 0.25) is 11.8 Å². The highest BCUT2D eigenvalue weighted by Gasteiger charge is 2.55. The van der Waals surface area contributed by atoms with E-state index in [0.717, 1.165) is 37.7 Å². The van der Waals surface area contributed by atoms with Crippen LogP contribution in [-0.4, -0.2) is 96.1 Å². The van der Waals surface area contributed by atoms with E-state index in [2.05, 4.69) is 10.2 Å². The van der Waals surface area contributed by atoms with Crippen molar-refractivity contribution in [3.8, 4) is 17.2 Å². The van der Waals surface area contributed by atoms with E-state index in [9.17, 15) is 19.5 Å². The first kappa shape index (κ1) is 35.5. The fourth-order valence-corrected chi connectivity index (χ4v) is 7.14. The van der Waals surface area contributed by atoms with Gasteiger partial charge in [-0.25, -0.2) is 0 Å². The van der Waals surface area contributed by atoms with E-state index in [1.54, 1.807) is 44.3 Å². The number of piperazine rings is 1. The smallest absolute Gasteiger partial charge is 0.253 e. The second kappa shape index (κ2) is 15.5. The maximum atomic E-state index is 13.8. The molecule has 3 amide bonds. The van der Waals surface area contributed by atoms with Crippen molar-refractivity contribution in [2.75, 3.05) is 40.8 Å². The molecule has 11 heteroatoms. The lowest BCUT2D eigenvalue weighted by molar-refractivity contribution is -0.165. The maximum Gasteiger partial charge on any atom is 0.253 e. The summed E-state index contributed by atoms with van der Waals surface area (Å²) >= 11 is 0. The molecule has 5 rings (SSSR count). The third-order valence-electron chi connectivity index (χ3n) is 9.74. The minimum Gasteiger partial charge on any atom is -0.493 e. The van der Waals surface area contributed by atoms with E-state index in [0.29, 0.717) is 61.8 Å². The number of aliphatic hydroxyl groups excluding tert-OH is 1. The van der Waals surface area contributed by atoms with E-state index >= 15 is 0 Å². The van der Waals surface area contributed by atoms with Crippen molar-refractivity contribution < 1.29 is 29.0 Å². The molecular weight excluding hydrogens is 608 g/mol. The first-order chi connectivity index (χ1) is 21.7. The maximum absolute atomic E-state index is 13.8. The summed E-state index contributed by atoms with van der Waals surface area (Å²) in [6.07, 6.45) is 6.15. The van der Waals surface area contributed by atoms with Crippen LogP contribution >= 0.6 is 12.4 Å². The topological polar surface area (TPSA) is 112 Å². The molecule has 2 N–H and O–H groups in total. The Hall–Kier alpha value is -3.34. The van der Waals surface area contributed by atoms with Gasteiger partial charge in [-0.3, -0.25) is 19.3 Å². The van der Waals surface area contributed by atoms with Crippen LogP contribution in [0.15, 0.2) is 42.5 Å². The number of benzene rings is 2. The molecule has 252 valence electrons. The summed E-state index contributed by atoms with van der Waals surface area (Å²) in [6.45, 7) is 4.63. The number of nitrogens with zero attached hydrogens (tertiary/aromatic N) is 3. The molecule has 3 fully saturated rings. The van der Waals surface area contributed by atoms with Crippen LogP contribution in [-0.2, 0) is 16.1 Å². The van der Waals surface area contributed by atoms with Gasteiger partial charge in [0.15, 0.2) is 11.5 Å². The molecule has 2 heterocycles. The second-order valence-corrected chi connectivity index (χ2v) is 12.9. The Morgan fingerprint density at radius 3 is 2.33 bits per heavy atom. The molecule has 3 aliphatic rings. The molecule has 1 aliphatic carbocycles. The van der Waals surface area contributed by atoms with Crippen molar-refractivity contribution in [3.63, 3.8) is 0 Å². The van der Waals surface area contributed by atoms with E-state index in [1.165, 1.54) is 11.3 Å². The SMILES string of the molecule is CCCN1C(=O)[C@@H]([C@H](O)C2CCCCC2)NC(=O)C12CCN(Cc1ccc(Oc3ccc(C(=O)N(C)C)cc3OC)cc1)CC2.Cl. The molecule has 0 bridgehead atoms. The summed E-state index contributed by atoms with van der Waals surface area (Å²) in [4.78, 5) is 45.4. The van der Waals surface area contributed by atoms with Gasteiger partial charge in [-0.1, -0.05) is 38.3 Å². The Kier molecular flexibility index (Phi) is 12.0. The summed E-state index contributed by atoms with van der Waals surface area (Å²) in [5.74, 6) is 1.35. The van der Waals surface area contributed by atoms with Crippen LogP contribution in [0.5, 0.6) is 17.2 Å². The van der Waals surface area contributed by atoms with Crippen LogP contribution in [0.4, 0.5) is 0 Å². The molecule has 10 nitrogen and oxygen atoms in total. The van der Waals surface area contributed by atoms with Gasteiger partial charge in [0.05, 0.1) is 13.2 Å². The molecule has 1 spiro atoms. The van der Waals surface area contributed by atoms with Crippen molar-refractivity contribution in [3.05, 3.63) is 53.6 Å². The zero-order valence-electron chi connectivity index (χ0n) is 27.5. The predicted octanol–water partition coefficient (Wildman–Crippen LogP) is 4.62. The first-order valence-corrected chi connectivity index (χ1v) is 16.4. The summed E-state index contributed by atoms with van der Waals surface area (Å²) in [6, 6.07) is 12.1. The molecule has 0 aromatic heterocycles. The highest BCUT2D eigenvalue weighted by Crippen LogP contribution is 2.37. The normalized spacial score (nSPS) is 20.9. The molecule has 0 unspecified atom stereocenters. The summed E-state index contributed by atoms with van der Waals surface area (Å²) in [5.41, 5.74) is 0.769. The molecule has 2 atom stereocenters. The number of halogens is 1. The Bertz CT molecular complexity index is 1360. The number of methoxy groups -OCH3 is 1. The van der Waals surface area contributed by atoms with Crippen LogP contribution in [0.3, 0.4) is 0 Å². The number of aliphatic hydroxyl groups is 1. The van der Waals surface area contributed by atoms with E-state index in [1.807, 2.05) is 31.2 Å². The average molecular weight is 657 g/mol. The molecule has 46 heavy (non-hydrogen) atoms. The molecular formula is C35H49ClN4O6. The Morgan fingerprint density at radius 1 is 1.04 bits per heavy atom. The minimum absolute atomic E-state index is 0. The molecule has 2 aromatic rings. The van der Waals surface area contributed by atoms with Crippen LogP contribution in [0.25, 0.3) is 0 Å². The molecule has 2 aromatic carbocycles. The zero-order valence-corrected chi connectivity index (χ0v) is 28.3. The number of carbonyl (C=O) groups is 3. The predicted molar refractivity (Wildman–Crippen MR) is 179 cm³/mol. The van der Waals surface area contributed by atoms with Gasteiger partial charge in [0, 0.05) is 45.8 Å². The Morgan fingerprint density at radius 2 is 1.72 bits per heavy atom. The number of piperidine rings is 1. The number of nitrogens with one attached hydrogen (secondary N) is 1. The standard InChI is InChI=1S/C35H48N4O6.ClH/c1-5-19-39-33(42)30(31(40)25-9-7-6-8-10-25)36-34(43)35(39)17-20-38(21-18-35)23-24-11-14-27(15-12-24)45-28-16-13-26(22-29(28)44-4)32(41)37(2)3;/h11-16,22,25,30-31,40H,5-10,17-21,23H2,1-4H3,(H,36,43);1H/t30-,31-;/m1./s1. The van der Waals surface area contributed by atoms with Crippen molar-refractivity contribution in [1.29, 1.82) is 0 Å². The number of hydrogen-bond donors (Lipinski definition) is 2. The Labute approximate surface area is 278 Å². The average Bonchev–Trinajstić information content (AvgIpc) is 3.06. The van der Waals surface area contributed by atoms with Gasteiger partial charge in [0.25, 0.3) is 5.91 Å². The van der Waals surface area contributed by atoms with Crippen LogP contribution in [0.2, 0.25) is 0 Å². The molecule has 2 aliphatic heterocycles. The highest BCUT2D eigenvalue weighted by atomic mass is 35.5. The number of likely N-dealkylation sites (tertiary alicyclic amines) is 1. The van der Waals surface area contributed by atoms with E-state index in [-0.39, 0.29) is 36.0 Å². The zero-order chi connectivity index (χ0) is 32.1. The lowest BCUT2D eigenvalue weighted by atomic mass is 9.78. The van der Waals surface area contributed by atoms with Gasteiger partial charge < -0.3 is 29.7 Å². The van der Waals surface area contributed by atoms with Gasteiger partial charge in [0.1, 0.15) is 17.3 Å². The van der Waals surface area contributed by atoms with Crippen molar-refractivity contribution >= 4 is 30.1 Å². The van der Waals surface area contributed by atoms with Gasteiger partial charge in [-0.05, 0) is 73.9 Å². The fraction of sp³-hybridized carbons (Fsp3) is 0.571. The van der Waals surface area contributed by atoms with E-state index in [4.69, 9.17) is 9.47 Å². The third-order valence-corrected chi connectivity index (χ3v) is 9.74. The molecule has 1 saturated carbocycles. The lowest BCUT2D eigenvalue weighted by Gasteiger charge is -2.52. The minimum atomic E-state index is -0.865. The number of hydrogen-bond acceptors (Lipinski definition) is 7. The number of ether oxygens (including phenoxy) is 2. The second-order valence-electron chi connectivity index (χ2n) is 12.9. The van der Waals surface area contributed by atoms with Crippen molar-refractivity contribution in [1.82, 2.24) is 20.0 Å². The number of amides is 3. The molecule has 2 saturated heterocycles. The van der Waals surface area contributed by atoms with Crippen LogP contribution in [0, 0.1) is 5.92 Å². The monoisotopic (exact) mass is 656 g/mol. The number of carbonyl (C=O) groups excluding carboxylic acids is 3. The first-order valence-electron chi connectivity index (χ1n) is 16.4. The van der Waals surface area contributed by atoms with Crippen molar-refractivity contribution in [2.24, 2.45) is 5.92 Å². The third kappa shape index (κ3) is 7.45. The van der Waals surface area contributed by atoms with E-state index < -0.39 is 17.7 Å². The largest absolute Gasteiger partial charge is 0.493 e. The summed E-state index contributed by atoms with van der Waals surface area (Å²) < 4.78 is 11.5. The quantitative estimate of drug-likeness (QED) is 0.384. The van der Waals surface area contributed by atoms with Crippen molar-refractivity contribution in [2.45, 2.75) is 82.5 Å². The van der Waals surface area contributed by atoms with Gasteiger partial charge in [-0.2, -0.15) is 0 Å². The van der Waals surface area contributed by atoms with Crippen LogP contribution < -0.4 is 14.8 Å². The highest BCUT2D eigenvalue weighted by molar-refractivity contribution is 6.00. The summed E-state index contributed by atoms with van der Waals surface area (Å²) in [7, 11) is 4.96. The lowest BCUT2D eigenvalue weighted by Crippen LogP contribution is -2.75. The summed E-state index contributed by atoms with van der Waals surface area (Å²) in [5, 5.41) is 14.1.